The summed E-state index contributed by atoms with van der Waals surface area (Å²) < 4.78 is 0. The first-order valence-corrected chi connectivity index (χ1v) is 9.31. The van der Waals surface area contributed by atoms with Crippen LogP contribution in [0.5, 0.6) is 0 Å². The third-order valence-corrected chi connectivity index (χ3v) is 5.38. The lowest BCUT2D eigenvalue weighted by molar-refractivity contribution is 0.951. The van der Waals surface area contributed by atoms with Crippen molar-refractivity contribution < 1.29 is 0 Å². The highest BCUT2D eigenvalue weighted by Crippen LogP contribution is 2.38. The van der Waals surface area contributed by atoms with Gasteiger partial charge >= 0.3 is 0 Å². The number of nitrogen functional groups attached to an aromatic ring is 1. The summed E-state index contributed by atoms with van der Waals surface area (Å²) in [7, 11) is 0. The summed E-state index contributed by atoms with van der Waals surface area (Å²) >= 11 is 1.32. The molecule has 1 atom stereocenters. The average Bonchev–Trinajstić information content (AvgIpc) is 2.69. The Morgan fingerprint density at radius 1 is 1.04 bits per heavy atom. The maximum absolute atomic E-state index is 9.98. The van der Waals surface area contributed by atoms with E-state index in [-0.39, 0.29) is 5.92 Å². The Morgan fingerprint density at radius 2 is 1.70 bits per heavy atom. The molecule has 1 aromatic heterocycles. The molecule has 2 aromatic carbocycles. The minimum Gasteiger partial charge on any atom is -0.398 e. The number of allylic oxidation sites excluding steroid dienone is 1. The molecule has 0 aliphatic heterocycles. The van der Waals surface area contributed by atoms with Crippen LogP contribution < -0.4 is 11.5 Å². The molecule has 0 radical (unpaired) electrons. The molecule has 3 aromatic rings. The van der Waals surface area contributed by atoms with Gasteiger partial charge in [0.1, 0.15) is 0 Å². The van der Waals surface area contributed by atoms with Crippen molar-refractivity contribution in [2.75, 3.05) is 5.73 Å². The van der Waals surface area contributed by atoms with E-state index in [2.05, 4.69) is 11.1 Å². The Bertz CT molecular complexity index is 1010. The lowest BCUT2D eigenvalue weighted by atomic mass is 9.84. The summed E-state index contributed by atoms with van der Waals surface area (Å²) in [4.78, 5) is 4.94. The number of nitrogens with two attached hydrogens (primary N) is 2. The minimum atomic E-state index is -0.267. The number of hydrogen-bond acceptors (Lipinski definition) is 5. The van der Waals surface area contributed by atoms with Crippen LogP contribution in [0.3, 0.4) is 0 Å². The van der Waals surface area contributed by atoms with Gasteiger partial charge in [-0.25, -0.2) is 0 Å². The van der Waals surface area contributed by atoms with Gasteiger partial charge in [0, 0.05) is 28.9 Å². The molecule has 0 amide bonds. The third-order valence-electron chi connectivity index (χ3n) is 4.35. The van der Waals surface area contributed by atoms with Crippen molar-refractivity contribution in [3.8, 4) is 6.07 Å². The number of pyridine rings is 1. The van der Waals surface area contributed by atoms with E-state index in [1.807, 2.05) is 67.6 Å². The summed E-state index contributed by atoms with van der Waals surface area (Å²) in [6.07, 6.45) is 3.46. The number of para-hydroxylation sites is 1. The number of aromatic nitrogens is 1. The molecule has 3 rings (SSSR count). The van der Waals surface area contributed by atoms with E-state index in [1.165, 1.54) is 11.8 Å². The zero-order valence-electron chi connectivity index (χ0n) is 15.0. The van der Waals surface area contributed by atoms with E-state index < -0.39 is 0 Å². The summed E-state index contributed by atoms with van der Waals surface area (Å²) in [5, 5.41) is 10.4. The van der Waals surface area contributed by atoms with Crippen LogP contribution in [-0.2, 0) is 0 Å². The monoisotopic (exact) mass is 372 g/mol. The summed E-state index contributed by atoms with van der Waals surface area (Å²) in [5.41, 5.74) is 16.7. The molecule has 0 aliphatic carbocycles. The second kappa shape index (κ2) is 8.43. The van der Waals surface area contributed by atoms with Crippen LogP contribution in [-0.4, -0.2) is 4.98 Å². The molecular formula is C22H20N4S. The van der Waals surface area contributed by atoms with Gasteiger partial charge in [0.05, 0.1) is 16.7 Å². The molecule has 4 N–H and O–H groups in total. The number of rotatable bonds is 5. The fraction of sp³-hybridized carbons (Fsp3) is 0.0909. The maximum atomic E-state index is 9.98. The van der Waals surface area contributed by atoms with Crippen molar-refractivity contribution >= 4 is 17.4 Å². The van der Waals surface area contributed by atoms with Crippen LogP contribution in [0.1, 0.15) is 22.6 Å². The lowest BCUT2D eigenvalue weighted by Gasteiger charge is -2.21. The van der Waals surface area contributed by atoms with Gasteiger partial charge in [-0.2, -0.15) is 5.26 Å². The average molecular weight is 372 g/mol. The fourth-order valence-corrected chi connectivity index (χ4v) is 3.82. The fourth-order valence-electron chi connectivity index (χ4n) is 2.98. The van der Waals surface area contributed by atoms with Gasteiger partial charge < -0.3 is 11.5 Å². The van der Waals surface area contributed by atoms with E-state index in [9.17, 15) is 5.26 Å². The lowest BCUT2D eigenvalue weighted by Crippen LogP contribution is -2.11. The van der Waals surface area contributed by atoms with Gasteiger partial charge in [0.25, 0.3) is 0 Å². The standard InChI is InChI=1S/C22H20N4S/c1-15-6-2-3-7-17(15)21(16-10-12-26-13-11-16)18(14-23)22(25)27-20-9-5-4-8-19(20)24/h2-13,21H,24-25H2,1H3/b22-18+. The number of nitriles is 1. The molecule has 0 saturated heterocycles. The van der Waals surface area contributed by atoms with Crippen molar-refractivity contribution in [1.29, 1.82) is 5.26 Å². The van der Waals surface area contributed by atoms with Gasteiger partial charge in [-0.1, -0.05) is 48.2 Å². The number of anilines is 1. The first kappa shape index (κ1) is 18.6. The third kappa shape index (κ3) is 4.13. The SMILES string of the molecule is Cc1ccccc1C(/C(C#N)=C(\N)Sc1ccccc1N)c1ccncc1. The normalized spacial score (nSPS) is 12.7. The highest BCUT2D eigenvalue weighted by Gasteiger charge is 2.24. The Morgan fingerprint density at radius 3 is 2.37 bits per heavy atom. The van der Waals surface area contributed by atoms with Crippen LogP contribution in [0.15, 0.2) is 88.6 Å². The van der Waals surface area contributed by atoms with Gasteiger partial charge in [-0.3, -0.25) is 4.98 Å². The van der Waals surface area contributed by atoms with Crippen molar-refractivity contribution in [2.45, 2.75) is 17.7 Å². The topological polar surface area (TPSA) is 88.7 Å². The van der Waals surface area contributed by atoms with Gasteiger partial charge in [-0.15, -0.1) is 0 Å². The van der Waals surface area contributed by atoms with E-state index in [0.717, 1.165) is 21.6 Å². The smallest absolute Gasteiger partial charge is 0.0984 e. The van der Waals surface area contributed by atoms with E-state index in [0.29, 0.717) is 16.3 Å². The number of hydrogen-bond donors (Lipinski definition) is 2. The van der Waals surface area contributed by atoms with Crippen molar-refractivity contribution in [3.05, 3.63) is 100 Å². The molecular weight excluding hydrogens is 352 g/mol. The summed E-state index contributed by atoms with van der Waals surface area (Å²) in [6.45, 7) is 2.04. The van der Waals surface area contributed by atoms with Gasteiger partial charge in [0.2, 0.25) is 0 Å². The van der Waals surface area contributed by atoms with Crippen molar-refractivity contribution in [3.63, 3.8) is 0 Å². The van der Waals surface area contributed by atoms with Crippen LogP contribution in [0, 0.1) is 18.3 Å². The van der Waals surface area contributed by atoms with Crippen molar-refractivity contribution in [2.24, 2.45) is 5.73 Å². The van der Waals surface area contributed by atoms with Crippen molar-refractivity contribution in [1.82, 2.24) is 4.98 Å². The Kier molecular flexibility index (Phi) is 5.80. The highest BCUT2D eigenvalue weighted by molar-refractivity contribution is 8.03. The molecule has 4 nitrogen and oxygen atoms in total. The van der Waals surface area contributed by atoms with E-state index in [4.69, 9.17) is 11.5 Å². The Balaban J connectivity index is 2.13. The molecule has 134 valence electrons. The number of thioether (sulfide) groups is 1. The summed E-state index contributed by atoms with van der Waals surface area (Å²) in [6, 6.07) is 21.7. The van der Waals surface area contributed by atoms with E-state index in [1.54, 1.807) is 12.4 Å². The van der Waals surface area contributed by atoms with Crippen LogP contribution >= 0.6 is 11.8 Å². The number of benzene rings is 2. The largest absolute Gasteiger partial charge is 0.398 e. The van der Waals surface area contributed by atoms with Crippen LogP contribution in [0.2, 0.25) is 0 Å². The molecule has 27 heavy (non-hydrogen) atoms. The Hall–Kier alpha value is -3.23. The van der Waals surface area contributed by atoms with Crippen LogP contribution in [0.4, 0.5) is 5.69 Å². The quantitative estimate of drug-likeness (QED) is 0.388. The van der Waals surface area contributed by atoms with E-state index >= 15 is 0 Å². The predicted octanol–water partition coefficient (Wildman–Crippen LogP) is 4.59. The molecule has 0 spiro atoms. The molecule has 0 fully saturated rings. The second-order valence-corrected chi connectivity index (χ2v) is 7.18. The zero-order chi connectivity index (χ0) is 19.2. The number of aryl methyl sites for hydroxylation is 1. The minimum absolute atomic E-state index is 0.267. The molecule has 0 bridgehead atoms. The van der Waals surface area contributed by atoms with Gasteiger partial charge in [0.15, 0.2) is 0 Å². The molecule has 0 aliphatic rings. The molecule has 1 unspecified atom stereocenters. The zero-order valence-corrected chi connectivity index (χ0v) is 15.8. The second-order valence-electron chi connectivity index (χ2n) is 6.10. The van der Waals surface area contributed by atoms with Gasteiger partial charge in [-0.05, 0) is 47.9 Å². The number of nitrogens with zero attached hydrogens (tertiary/aromatic N) is 2. The predicted molar refractivity (Wildman–Crippen MR) is 111 cm³/mol. The first-order valence-electron chi connectivity index (χ1n) is 8.49. The maximum Gasteiger partial charge on any atom is 0.0984 e. The highest BCUT2D eigenvalue weighted by atomic mass is 32.2. The van der Waals surface area contributed by atoms with Crippen LogP contribution in [0.25, 0.3) is 0 Å². The molecule has 5 heteroatoms. The molecule has 0 saturated carbocycles. The summed E-state index contributed by atoms with van der Waals surface area (Å²) in [5.74, 6) is -0.267. The Labute approximate surface area is 163 Å². The molecule has 1 heterocycles. The first-order chi connectivity index (χ1) is 13.1.